The maximum atomic E-state index is 4.23. The smallest absolute Gasteiger partial charge is 0.132 e. The molecule has 4 nitrogen and oxygen atoms in total. The van der Waals surface area contributed by atoms with Gasteiger partial charge in [0.25, 0.3) is 0 Å². The average Bonchev–Trinajstić information content (AvgIpc) is 2.77. The molecule has 0 radical (unpaired) electrons. The molecule has 0 unspecified atom stereocenters. The Balaban J connectivity index is 2.02. The SMILES string of the molecule is Ic1ncn(CCc2cn[nH]c2)c1I. The Morgan fingerprint density at radius 3 is 2.86 bits per heavy atom. The van der Waals surface area contributed by atoms with Gasteiger partial charge in [-0.05, 0) is 57.2 Å². The summed E-state index contributed by atoms with van der Waals surface area (Å²) in [6.45, 7) is 0.952. The van der Waals surface area contributed by atoms with E-state index in [1.807, 2.05) is 18.7 Å². The van der Waals surface area contributed by atoms with Gasteiger partial charge in [-0.3, -0.25) is 5.10 Å². The third-order valence-electron chi connectivity index (χ3n) is 1.93. The number of halogens is 2. The molecule has 0 fully saturated rings. The van der Waals surface area contributed by atoms with Crippen LogP contribution >= 0.6 is 45.2 Å². The van der Waals surface area contributed by atoms with E-state index in [0.29, 0.717) is 0 Å². The number of H-pyrrole nitrogens is 1. The van der Waals surface area contributed by atoms with Crippen LogP contribution in [0.1, 0.15) is 5.56 Å². The van der Waals surface area contributed by atoms with Crippen LogP contribution < -0.4 is 0 Å². The summed E-state index contributed by atoms with van der Waals surface area (Å²) in [5.74, 6) is 0. The summed E-state index contributed by atoms with van der Waals surface area (Å²) in [5.41, 5.74) is 1.23. The fourth-order valence-corrected chi connectivity index (χ4v) is 2.10. The topological polar surface area (TPSA) is 46.5 Å². The first-order chi connectivity index (χ1) is 6.77. The predicted octanol–water partition coefficient (Wildman–Crippen LogP) is 2.06. The number of aromatic amines is 1. The number of nitrogens with zero attached hydrogens (tertiary/aromatic N) is 3. The average molecular weight is 414 g/mol. The van der Waals surface area contributed by atoms with E-state index in [0.717, 1.165) is 16.7 Å². The molecule has 2 heterocycles. The van der Waals surface area contributed by atoms with Crippen LogP contribution in [0.5, 0.6) is 0 Å². The van der Waals surface area contributed by atoms with Gasteiger partial charge in [-0.2, -0.15) is 5.10 Å². The Kier molecular flexibility index (Phi) is 3.42. The molecule has 0 aliphatic rings. The van der Waals surface area contributed by atoms with Crippen LogP contribution in [-0.2, 0) is 13.0 Å². The maximum Gasteiger partial charge on any atom is 0.132 e. The molecule has 0 bridgehead atoms. The lowest BCUT2D eigenvalue weighted by Crippen LogP contribution is -2.01. The van der Waals surface area contributed by atoms with E-state index in [4.69, 9.17) is 0 Å². The normalized spacial score (nSPS) is 10.7. The molecule has 1 N–H and O–H groups in total. The van der Waals surface area contributed by atoms with E-state index in [1.165, 1.54) is 9.26 Å². The Labute approximate surface area is 109 Å². The largest absolute Gasteiger partial charge is 0.325 e. The zero-order valence-electron chi connectivity index (χ0n) is 7.24. The lowest BCUT2D eigenvalue weighted by Gasteiger charge is -2.01. The highest BCUT2D eigenvalue weighted by molar-refractivity contribution is 14.1. The quantitative estimate of drug-likeness (QED) is 0.783. The van der Waals surface area contributed by atoms with Gasteiger partial charge in [0.2, 0.25) is 0 Å². The number of imidazole rings is 1. The summed E-state index contributed by atoms with van der Waals surface area (Å²) in [7, 11) is 0. The third kappa shape index (κ3) is 2.27. The highest BCUT2D eigenvalue weighted by Gasteiger charge is 2.04. The van der Waals surface area contributed by atoms with Gasteiger partial charge in [0.1, 0.15) is 7.40 Å². The Morgan fingerprint density at radius 1 is 1.43 bits per heavy atom. The molecule has 14 heavy (non-hydrogen) atoms. The summed E-state index contributed by atoms with van der Waals surface area (Å²) in [6, 6.07) is 0. The van der Waals surface area contributed by atoms with Crippen molar-refractivity contribution in [3.05, 3.63) is 31.7 Å². The number of aryl methyl sites for hydroxylation is 2. The lowest BCUT2D eigenvalue weighted by molar-refractivity contribution is 0.681. The first-order valence-electron chi connectivity index (χ1n) is 4.11. The molecule has 0 spiro atoms. The number of hydrogen-bond acceptors (Lipinski definition) is 2. The van der Waals surface area contributed by atoms with E-state index in [2.05, 4.69) is 64.9 Å². The van der Waals surface area contributed by atoms with E-state index in [1.54, 1.807) is 0 Å². The molecule has 0 amide bonds. The first kappa shape index (κ1) is 10.4. The van der Waals surface area contributed by atoms with Gasteiger partial charge in [-0.25, -0.2) is 4.98 Å². The fourth-order valence-electron chi connectivity index (χ4n) is 1.16. The molecular weight excluding hydrogens is 406 g/mol. The van der Waals surface area contributed by atoms with E-state index >= 15 is 0 Å². The van der Waals surface area contributed by atoms with Crippen molar-refractivity contribution >= 4 is 45.2 Å². The Bertz CT molecular complexity index is 407. The van der Waals surface area contributed by atoms with Crippen LogP contribution in [0, 0.1) is 7.40 Å². The van der Waals surface area contributed by atoms with Crippen LogP contribution in [0.2, 0.25) is 0 Å². The van der Waals surface area contributed by atoms with Gasteiger partial charge in [-0.15, -0.1) is 0 Å². The standard InChI is InChI=1S/C8H8I2N4/c9-7-8(10)14(5-11-7)2-1-6-3-12-13-4-6/h3-5H,1-2H2,(H,12,13). The summed E-state index contributed by atoms with van der Waals surface area (Å²) >= 11 is 4.55. The minimum atomic E-state index is 0.952. The summed E-state index contributed by atoms with van der Waals surface area (Å²) in [4.78, 5) is 4.23. The second-order valence-electron chi connectivity index (χ2n) is 2.88. The maximum absolute atomic E-state index is 4.23. The van der Waals surface area contributed by atoms with Crippen molar-refractivity contribution in [3.8, 4) is 0 Å². The molecule has 0 atom stereocenters. The minimum Gasteiger partial charge on any atom is -0.325 e. The van der Waals surface area contributed by atoms with Crippen LogP contribution in [-0.4, -0.2) is 19.7 Å². The van der Waals surface area contributed by atoms with Crippen LogP contribution in [0.3, 0.4) is 0 Å². The predicted molar refractivity (Wildman–Crippen MR) is 70.0 cm³/mol. The second-order valence-corrected chi connectivity index (χ2v) is 4.92. The Morgan fingerprint density at radius 2 is 2.29 bits per heavy atom. The van der Waals surface area contributed by atoms with Crippen LogP contribution in [0.15, 0.2) is 18.7 Å². The molecular formula is C8H8I2N4. The molecule has 0 aromatic carbocycles. The van der Waals surface area contributed by atoms with Gasteiger partial charge >= 0.3 is 0 Å². The van der Waals surface area contributed by atoms with Gasteiger partial charge in [0.15, 0.2) is 0 Å². The van der Waals surface area contributed by atoms with Crippen molar-refractivity contribution in [2.24, 2.45) is 0 Å². The third-order valence-corrected chi connectivity index (χ3v) is 4.88. The molecule has 0 aliphatic carbocycles. The van der Waals surface area contributed by atoms with Crippen molar-refractivity contribution in [1.82, 2.24) is 19.7 Å². The molecule has 6 heteroatoms. The summed E-state index contributed by atoms with van der Waals surface area (Å²) in [5, 5.41) is 6.72. The van der Waals surface area contributed by atoms with Crippen molar-refractivity contribution < 1.29 is 0 Å². The van der Waals surface area contributed by atoms with Gasteiger partial charge < -0.3 is 4.57 Å². The van der Waals surface area contributed by atoms with Crippen molar-refractivity contribution in [1.29, 1.82) is 0 Å². The van der Waals surface area contributed by atoms with Crippen molar-refractivity contribution in [2.45, 2.75) is 13.0 Å². The molecule has 0 aliphatic heterocycles. The zero-order chi connectivity index (χ0) is 9.97. The van der Waals surface area contributed by atoms with E-state index in [-0.39, 0.29) is 0 Å². The van der Waals surface area contributed by atoms with Gasteiger partial charge in [0, 0.05) is 12.7 Å². The molecule has 2 aromatic rings. The molecule has 0 saturated heterocycles. The van der Waals surface area contributed by atoms with Crippen molar-refractivity contribution in [3.63, 3.8) is 0 Å². The minimum absolute atomic E-state index is 0.952. The molecule has 2 aromatic heterocycles. The highest BCUT2D eigenvalue weighted by atomic mass is 127. The zero-order valence-corrected chi connectivity index (χ0v) is 11.6. The summed E-state index contributed by atoms with van der Waals surface area (Å²) in [6.07, 6.45) is 6.64. The summed E-state index contributed by atoms with van der Waals surface area (Å²) < 4.78 is 4.41. The van der Waals surface area contributed by atoms with Crippen LogP contribution in [0.25, 0.3) is 0 Å². The van der Waals surface area contributed by atoms with E-state index in [9.17, 15) is 0 Å². The number of rotatable bonds is 3. The monoisotopic (exact) mass is 414 g/mol. The molecule has 74 valence electrons. The van der Waals surface area contributed by atoms with Crippen LogP contribution in [0.4, 0.5) is 0 Å². The van der Waals surface area contributed by atoms with E-state index < -0.39 is 0 Å². The number of aromatic nitrogens is 4. The van der Waals surface area contributed by atoms with Gasteiger partial charge in [0.05, 0.1) is 12.5 Å². The highest BCUT2D eigenvalue weighted by Crippen LogP contribution is 2.13. The molecule has 2 rings (SSSR count). The lowest BCUT2D eigenvalue weighted by atomic mass is 10.2. The second kappa shape index (κ2) is 4.60. The van der Waals surface area contributed by atoms with Crippen molar-refractivity contribution in [2.75, 3.05) is 0 Å². The first-order valence-corrected chi connectivity index (χ1v) is 6.27. The number of hydrogen-bond donors (Lipinski definition) is 1. The molecule has 0 saturated carbocycles. The number of nitrogens with one attached hydrogen (secondary N) is 1. The van der Waals surface area contributed by atoms with Gasteiger partial charge in [-0.1, -0.05) is 0 Å². The Hall–Kier alpha value is -0.120. The fraction of sp³-hybridized carbons (Fsp3) is 0.250.